The van der Waals surface area contributed by atoms with E-state index < -0.39 is 0 Å². The van der Waals surface area contributed by atoms with Crippen LogP contribution in [0.15, 0.2) is 30.5 Å². The van der Waals surface area contributed by atoms with Crippen molar-refractivity contribution in [1.29, 1.82) is 0 Å². The van der Waals surface area contributed by atoms with Crippen LogP contribution in [0.3, 0.4) is 0 Å². The van der Waals surface area contributed by atoms with Crippen LogP contribution >= 0.6 is 11.6 Å². The fourth-order valence-corrected chi connectivity index (χ4v) is 1.54. The Kier molecular flexibility index (Phi) is 2.05. The summed E-state index contributed by atoms with van der Waals surface area (Å²) >= 11 is 5.72. The van der Waals surface area contributed by atoms with E-state index in [1.54, 1.807) is 0 Å². The molecule has 0 fully saturated rings. The van der Waals surface area contributed by atoms with E-state index in [9.17, 15) is 0 Å². The van der Waals surface area contributed by atoms with Gasteiger partial charge < -0.3 is 4.90 Å². The van der Waals surface area contributed by atoms with Gasteiger partial charge in [0.25, 0.3) is 0 Å². The van der Waals surface area contributed by atoms with Crippen LogP contribution in [-0.2, 0) is 6.54 Å². The summed E-state index contributed by atoms with van der Waals surface area (Å²) < 4.78 is 0. The average Bonchev–Trinajstić information content (AvgIpc) is 2.17. The summed E-state index contributed by atoms with van der Waals surface area (Å²) in [6.07, 6.45) is 4.14. The molecule has 1 aromatic carbocycles. The maximum absolute atomic E-state index is 5.72. The van der Waals surface area contributed by atoms with E-state index in [1.165, 1.54) is 11.1 Å². The summed E-state index contributed by atoms with van der Waals surface area (Å²) in [5.74, 6) is 0. The smallest absolute Gasteiger partial charge is 0.0926 e. The highest BCUT2D eigenvalue weighted by atomic mass is 35.5. The Morgan fingerprint density at radius 3 is 3.00 bits per heavy atom. The van der Waals surface area contributed by atoms with E-state index in [2.05, 4.69) is 35.2 Å². The van der Waals surface area contributed by atoms with E-state index in [4.69, 9.17) is 11.6 Å². The molecule has 0 radical (unpaired) electrons. The first kappa shape index (κ1) is 7.69. The normalized spacial score (nSPS) is 14.6. The minimum Gasteiger partial charge on any atom is -0.360 e. The molecule has 0 amide bonds. The molecule has 1 aromatic rings. The molecular formula is C10H10ClN. The number of hydrogen-bond acceptors (Lipinski definition) is 1. The lowest BCUT2D eigenvalue weighted by Crippen LogP contribution is -2.17. The molecule has 1 nitrogen and oxygen atoms in total. The second-order valence-electron chi connectivity index (χ2n) is 2.88. The lowest BCUT2D eigenvalue weighted by Gasteiger charge is -2.22. The lowest BCUT2D eigenvalue weighted by atomic mass is 10.1. The third kappa shape index (κ3) is 1.32. The molecule has 0 saturated heterocycles. The molecule has 12 heavy (non-hydrogen) atoms. The molecule has 1 aliphatic heterocycles. The molecule has 2 rings (SSSR count). The van der Waals surface area contributed by atoms with Crippen LogP contribution in [0.2, 0.25) is 0 Å². The van der Waals surface area contributed by atoms with Gasteiger partial charge in [-0.3, -0.25) is 0 Å². The van der Waals surface area contributed by atoms with Gasteiger partial charge in [-0.2, -0.15) is 0 Å². The van der Waals surface area contributed by atoms with Crippen molar-refractivity contribution in [3.63, 3.8) is 0 Å². The highest BCUT2D eigenvalue weighted by Crippen LogP contribution is 2.18. The largest absolute Gasteiger partial charge is 0.360 e. The fraction of sp³-hybridized carbons (Fsp3) is 0.200. The van der Waals surface area contributed by atoms with Crippen molar-refractivity contribution in [2.75, 3.05) is 6.00 Å². The van der Waals surface area contributed by atoms with Gasteiger partial charge in [-0.1, -0.05) is 24.3 Å². The zero-order valence-electron chi connectivity index (χ0n) is 6.70. The van der Waals surface area contributed by atoms with Crippen LogP contribution in [0.5, 0.6) is 0 Å². The van der Waals surface area contributed by atoms with E-state index >= 15 is 0 Å². The van der Waals surface area contributed by atoms with Gasteiger partial charge in [0.2, 0.25) is 0 Å². The molecule has 1 aliphatic rings. The number of rotatable bonds is 1. The number of halogens is 1. The van der Waals surface area contributed by atoms with Gasteiger partial charge >= 0.3 is 0 Å². The second-order valence-corrected chi connectivity index (χ2v) is 3.12. The van der Waals surface area contributed by atoms with Crippen molar-refractivity contribution < 1.29 is 0 Å². The molecule has 0 N–H and O–H groups in total. The molecule has 2 heteroatoms. The summed E-state index contributed by atoms with van der Waals surface area (Å²) in [4.78, 5) is 2.07. The minimum atomic E-state index is 0.560. The van der Waals surface area contributed by atoms with Crippen molar-refractivity contribution >= 4 is 17.7 Å². The van der Waals surface area contributed by atoms with Crippen LogP contribution in [0.25, 0.3) is 6.08 Å². The first-order valence-corrected chi connectivity index (χ1v) is 4.50. The fourth-order valence-electron chi connectivity index (χ4n) is 1.38. The van der Waals surface area contributed by atoms with Gasteiger partial charge in [0.15, 0.2) is 0 Å². The molecule has 0 aliphatic carbocycles. The highest BCUT2D eigenvalue weighted by Gasteiger charge is 2.07. The van der Waals surface area contributed by atoms with Gasteiger partial charge in [0.05, 0.1) is 6.00 Å². The van der Waals surface area contributed by atoms with Crippen molar-refractivity contribution in [2.24, 2.45) is 0 Å². The number of nitrogens with zero attached hydrogens (tertiary/aromatic N) is 1. The molecule has 1 heterocycles. The molecular weight excluding hydrogens is 170 g/mol. The standard InChI is InChI=1S/C10H10ClN/c11-8-12-6-5-9-3-1-2-4-10(9)7-12/h1-6H,7-8H2. The Morgan fingerprint density at radius 1 is 1.33 bits per heavy atom. The maximum atomic E-state index is 5.72. The Balaban J connectivity index is 2.33. The summed E-state index contributed by atoms with van der Waals surface area (Å²) in [5.41, 5.74) is 2.65. The van der Waals surface area contributed by atoms with E-state index in [-0.39, 0.29) is 0 Å². The van der Waals surface area contributed by atoms with Crippen molar-refractivity contribution in [2.45, 2.75) is 6.54 Å². The maximum Gasteiger partial charge on any atom is 0.0926 e. The van der Waals surface area contributed by atoms with Gasteiger partial charge in [-0.05, 0) is 17.2 Å². The predicted octanol–water partition coefficient (Wildman–Crippen LogP) is 2.67. The van der Waals surface area contributed by atoms with Crippen LogP contribution in [0, 0.1) is 0 Å². The monoisotopic (exact) mass is 179 g/mol. The molecule has 0 atom stereocenters. The van der Waals surface area contributed by atoms with Crippen LogP contribution in [0.1, 0.15) is 11.1 Å². The molecule has 0 spiro atoms. The zero-order chi connectivity index (χ0) is 8.39. The van der Waals surface area contributed by atoms with E-state index in [0.717, 1.165) is 6.54 Å². The lowest BCUT2D eigenvalue weighted by molar-refractivity contribution is 0.427. The van der Waals surface area contributed by atoms with Crippen LogP contribution < -0.4 is 0 Å². The van der Waals surface area contributed by atoms with Crippen molar-refractivity contribution in [1.82, 2.24) is 4.90 Å². The first-order chi connectivity index (χ1) is 5.90. The first-order valence-electron chi connectivity index (χ1n) is 3.96. The topological polar surface area (TPSA) is 3.24 Å². The van der Waals surface area contributed by atoms with Gasteiger partial charge in [-0.25, -0.2) is 0 Å². The minimum absolute atomic E-state index is 0.560. The summed E-state index contributed by atoms with van der Waals surface area (Å²) in [5, 5.41) is 0. The van der Waals surface area contributed by atoms with Crippen molar-refractivity contribution in [3.05, 3.63) is 41.6 Å². The molecule has 62 valence electrons. The van der Waals surface area contributed by atoms with Gasteiger partial charge in [0.1, 0.15) is 0 Å². The Labute approximate surface area is 77.3 Å². The number of hydrogen-bond donors (Lipinski definition) is 0. The van der Waals surface area contributed by atoms with Crippen molar-refractivity contribution in [3.8, 4) is 0 Å². The predicted molar refractivity (Wildman–Crippen MR) is 51.7 cm³/mol. The molecule has 0 aromatic heterocycles. The molecule has 0 saturated carbocycles. The summed E-state index contributed by atoms with van der Waals surface area (Å²) in [6, 6.07) is 8.94. The van der Waals surface area contributed by atoms with Gasteiger partial charge in [-0.15, -0.1) is 11.6 Å². The molecule has 0 bridgehead atoms. The zero-order valence-corrected chi connectivity index (χ0v) is 7.46. The Hall–Kier alpha value is -0.950. The Morgan fingerprint density at radius 2 is 2.17 bits per heavy atom. The Bertz CT molecular complexity index is 306. The number of alkyl halides is 1. The highest BCUT2D eigenvalue weighted by molar-refractivity contribution is 6.17. The second kappa shape index (κ2) is 3.20. The SMILES string of the molecule is ClCN1C=Cc2ccccc2C1. The third-order valence-corrected chi connectivity index (χ3v) is 2.35. The summed E-state index contributed by atoms with van der Waals surface area (Å²) in [6.45, 7) is 0.927. The average molecular weight is 180 g/mol. The van der Waals surface area contributed by atoms with Gasteiger partial charge in [0, 0.05) is 12.7 Å². The van der Waals surface area contributed by atoms with Crippen LogP contribution in [0.4, 0.5) is 0 Å². The van der Waals surface area contributed by atoms with E-state index in [1.807, 2.05) is 6.20 Å². The number of fused-ring (bicyclic) bond motifs is 1. The molecule has 0 unspecified atom stereocenters. The van der Waals surface area contributed by atoms with E-state index in [0.29, 0.717) is 6.00 Å². The third-order valence-electron chi connectivity index (χ3n) is 2.05. The van der Waals surface area contributed by atoms with Crippen LogP contribution in [-0.4, -0.2) is 10.9 Å². The summed E-state index contributed by atoms with van der Waals surface area (Å²) in [7, 11) is 0. The quantitative estimate of drug-likeness (QED) is 0.473. The number of benzene rings is 1.